The zero-order valence-corrected chi connectivity index (χ0v) is 33.9. The minimum absolute atomic E-state index is 0.00277. The lowest BCUT2D eigenvalue weighted by atomic mass is 9.56. The van der Waals surface area contributed by atoms with Crippen LogP contribution in [0.3, 0.4) is 0 Å². The largest absolute Gasteiger partial charge is 0.456 e. The highest BCUT2D eigenvalue weighted by Gasteiger charge is 2.24. The molecule has 10 rings (SSSR count). The van der Waals surface area contributed by atoms with E-state index in [1.165, 1.54) is 0 Å². The molecule has 0 fully saturated rings. The average molecular weight is 778 g/mol. The molecule has 3 heterocycles. The zero-order valence-electron chi connectivity index (χ0n) is 33.9. The fourth-order valence-electron chi connectivity index (χ4n) is 8.52. The van der Waals surface area contributed by atoms with Crippen LogP contribution >= 0.6 is 0 Å². The van der Waals surface area contributed by atoms with E-state index >= 15 is 0 Å². The van der Waals surface area contributed by atoms with Gasteiger partial charge in [-0.2, -0.15) is 0 Å². The lowest BCUT2D eigenvalue weighted by Gasteiger charge is -2.28. The number of para-hydroxylation sites is 2. The van der Waals surface area contributed by atoms with Gasteiger partial charge in [0, 0.05) is 50.0 Å². The van der Waals surface area contributed by atoms with Gasteiger partial charge in [0.15, 0.2) is 17.5 Å². The van der Waals surface area contributed by atoms with Crippen LogP contribution in [-0.2, 0) is 0 Å². The molecule has 19 heteroatoms. The van der Waals surface area contributed by atoms with Gasteiger partial charge in [0.2, 0.25) is 0 Å². The van der Waals surface area contributed by atoms with E-state index in [9.17, 15) is 0 Å². The van der Waals surface area contributed by atoms with Gasteiger partial charge in [-0.05, 0) is 47.5 Å². The van der Waals surface area contributed by atoms with Crippen molar-refractivity contribution in [2.45, 2.75) is 0 Å². The first-order valence-electron chi connectivity index (χ1n) is 19.6. The molecule has 64 heavy (non-hydrogen) atoms. The molecule has 3 aromatic heterocycles. The first-order valence-corrected chi connectivity index (χ1v) is 19.6. The summed E-state index contributed by atoms with van der Waals surface area (Å²) in [6.45, 7) is 0. The molecule has 0 N–H and O–H groups in total. The maximum atomic E-state index is 6.81. The third-order valence-electron chi connectivity index (χ3n) is 11.9. The first-order chi connectivity index (χ1) is 30.6. The number of hydrogen-bond acceptors (Lipinski definition) is 4. The molecule has 0 atom stereocenters. The molecule has 0 saturated heterocycles. The molecular formula is C45H14B14N4O. The van der Waals surface area contributed by atoms with Crippen LogP contribution in [0.5, 0.6) is 0 Å². The molecule has 262 valence electrons. The van der Waals surface area contributed by atoms with E-state index < -0.39 is 0 Å². The van der Waals surface area contributed by atoms with E-state index in [1.54, 1.807) is 6.07 Å². The van der Waals surface area contributed by atoms with Crippen molar-refractivity contribution in [1.82, 2.24) is 19.5 Å². The fourth-order valence-corrected chi connectivity index (χ4v) is 8.52. The smallest absolute Gasteiger partial charge is 0.164 e. The summed E-state index contributed by atoms with van der Waals surface area (Å²) < 4.78 is 8.79. The van der Waals surface area contributed by atoms with Gasteiger partial charge >= 0.3 is 0 Å². The van der Waals surface area contributed by atoms with Gasteiger partial charge in [-0.1, -0.05) is 86.2 Å². The second kappa shape index (κ2) is 15.4. The number of rotatable bonds is 5. The number of hydrogen-bond donors (Lipinski definition) is 0. The van der Waals surface area contributed by atoms with Crippen LogP contribution in [0.15, 0.2) is 89.3 Å². The van der Waals surface area contributed by atoms with E-state index in [2.05, 4.69) is 34.9 Å². The van der Waals surface area contributed by atoms with Gasteiger partial charge in [0.25, 0.3) is 0 Å². The minimum atomic E-state index is -0.0957. The molecule has 28 radical (unpaired) electrons. The van der Waals surface area contributed by atoms with Crippen molar-refractivity contribution in [2.24, 2.45) is 0 Å². The Labute approximate surface area is 387 Å². The molecule has 0 saturated carbocycles. The van der Waals surface area contributed by atoms with Crippen molar-refractivity contribution >= 4 is 230 Å². The molecule has 0 aliphatic heterocycles. The normalized spacial score (nSPS) is 11.7. The Kier molecular flexibility index (Phi) is 10.1. The van der Waals surface area contributed by atoms with Crippen molar-refractivity contribution in [3.8, 4) is 51.0 Å². The summed E-state index contributed by atoms with van der Waals surface area (Å²) in [5.41, 5.74) is 4.45. The molecule has 0 spiro atoms. The standard InChI is InChI=1S/C45H14B14N4O/c46-29-25(26-31(48)37(54)41(58)38(55)32(26)49)30(47)34(51)27(33(29)50)44-60-43(61-45(62-44)28-35(52)39(56)42(59)40(57)36(28)53)15-9-11-19-20-12-10-16(14-24(20)64-23(19)13-15)63-21-7-3-1-5-17(21)18-6-2-4-8-22(18)63/h1-14H. The summed E-state index contributed by atoms with van der Waals surface area (Å²) in [4.78, 5) is 14.4. The summed E-state index contributed by atoms with van der Waals surface area (Å²) in [6, 6.07) is 28.3. The van der Waals surface area contributed by atoms with Crippen molar-refractivity contribution in [2.75, 3.05) is 0 Å². The molecule has 5 nitrogen and oxygen atoms in total. The SMILES string of the molecule is [B]c1c([B])c([B])c(-c2nc(-c3ccc4c(c3)oc3cc(-n5c6ccccc6c6ccccc65)ccc34)nc(-c3c([B])c([B])c(-c4c([B])c([B])c([B])c([B])c4[B])c([B])c3[B])n2)c([B])c1[B]. The highest BCUT2D eigenvalue weighted by Crippen LogP contribution is 2.36. The van der Waals surface area contributed by atoms with Crippen LogP contribution in [0.4, 0.5) is 0 Å². The van der Waals surface area contributed by atoms with E-state index in [-0.39, 0.29) is 116 Å². The van der Waals surface area contributed by atoms with Crippen molar-refractivity contribution in [3.05, 3.63) is 84.9 Å². The van der Waals surface area contributed by atoms with Crippen molar-refractivity contribution < 1.29 is 4.42 Å². The molecular weight excluding hydrogens is 764 g/mol. The lowest BCUT2D eigenvalue weighted by molar-refractivity contribution is 0.668. The number of nitrogens with zero attached hydrogens (tertiary/aromatic N) is 4. The molecule has 0 bridgehead atoms. The van der Waals surface area contributed by atoms with Crippen LogP contribution in [0.2, 0.25) is 0 Å². The maximum absolute atomic E-state index is 6.81. The van der Waals surface area contributed by atoms with Crippen LogP contribution in [0.1, 0.15) is 0 Å². The van der Waals surface area contributed by atoms with Gasteiger partial charge in [0.1, 0.15) is 121 Å². The number of furan rings is 1. The van der Waals surface area contributed by atoms with Gasteiger partial charge in [-0.3, -0.25) is 0 Å². The predicted octanol–water partition coefficient (Wildman–Crippen LogP) is -5.35. The van der Waals surface area contributed by atoms with Crippen LogP contribution in [-0.4, -0.2) is 129 Å². The van der Waals surface area contributed by atoms with Crippen molar-refractivity contribution in [1.29, 1.82) is 0 Å². The lowest BCUT2D eigenvalue weighted by Crippen LogP contribution is -2.57. The van der Waals surface area contributed by atoms with Crippen LogP contribution in [0, 0.1) is 0 Å². The number of aromatic nitrogens is 4. The first kappa shape index (κ1) is 42.0. The number of benzene rings is 7. The molecule has 0 aliphatic carbocycles. The monoisotopic (exact) mass is 780 g/mol. The average Bonchev–Trinajstić information content (AvgIpc) is 3.84. The quantitative estimate of drug-likeness (QED) is 0.164. The fraction of sp³-hybridized carbons (Fsp3) is 0. The molecule has 0 aliphatic rings. The van der Waals surface area contributed by atoms with E-state index in [1.807, 2.05) is 48.5 Å². The van der Waals surface area contributed by atoms with E-state index in [0.29, 0.717) is 16.7 Å². The van der Waals surface area contributed by atoms with Gasteiger partial charge in [-0.15, -0.1) is 32.8 Å². The highest BCUT2D eigenvalue weighted by atomic mass is 16.3. The Morgan fingerprint density at radius 2 is 0.688 bits per heavy atom. The second-order valence-electron chi connectivity index (χ2n) is 15.5. The molecule has 10 aromatic rings. The Hall–Kier alpha value is -5.94. The minimum Gasteiger partial charge on any atom is -0.456 e. The zero-order chi connectivity index (χ0) is 45.2. The van der Waals surface area contributed by atoms with E-state index in [0.717, 1.165) is 38.3 Å². The van der Waals surface area contributed by atoms with E-state index in [4.69, 9.17) is 129 Å². The molecule has 0 unspecified atom stereocenters. The van der Waals surface area contributed by atoms with Gasteiger partial charge in [-0.25, -0.2) is 15.0 Å². The molecule has 7 aromatic carbocycles. The third kappa shape index (κ3) is 6.16. The Balaban J connectivity index is 1.18. The Morgan fingerprint density at radius 3 is 1.17 bits per heavy atom. The third-order valence-corrected chi connectivity index (χ3v) is 11.9. The van der Waals surface area contributed by atoms with Gasteiger partial charge < -0.3 is 8.98 Å². The van der Waals surface area contributed by atoms with Crippen LogP contribution in [0.25, 0.3) is 94.7 Å². The summed E-state index contributed by atoms with van der Waals surface area (Å²) in [7, 11) is 90.2. The Morgan fingerprint density at radius 1 is 0.328 bits per heavy atom. The maximum Gasteiger partial charge on any atom is 0.164 e. The Bertz CT molecular complexity index is 3560. The second-order valence-corrected chi connectivity index (χ2v) is 15.5. The number of fused-ring (bicyclic) bond motifs is 6. The molecule has 0 amide bonds. The van der Waals surface area contributed by atoms with Crippen LogP contribution < -0.4 is 76.5 Å². The topological polar surface area (TPSA) is 56.7 Å². The summed E-state index contributed by atoms with van der Waals surface area (Å²) in [5, 5.41) is 4.04. The summed E-state index contributed by atoms with van der Waals surface area (Å²) in [5.74, 6) is -0.0132. The summed E-state index contributed by atoms with van der Waals surface area (Å²) in [6.07, 6.45) is 0. The predicted molar refractivity (Wildman–Crippen MR) is 279 cm³/mol. The highest BCUT2D eigenvalue weighted by molar-refractivity contribution is 6.71. The van der Waals surface area contributed by atoms with Crippen molar-refractivity contribution in [3.63, 3.8) is 0 Å². The van der Waals surface area contributed by atoms with Gasteiger partial charge in [0.05, 0.1) is 11.0 Å². The summed E-state index contributed by atoms with van der Waals surface area (Å²) >= 11 is 0.